The van der Waals surface area contributed by atoms with Crippen LogP contribution < -0.4 is 5.32 Å². The van der Waals surface area contributed by atoms with Crippen LogP contribution in [0.15, 0.2) is 11.8 Å². The Bertz CT molecular complexity index is 820. The number of carbonyl (C=O) groups excluding carboxylic acids is 6. The molecule has 1 rings (SSSR count). The lowest BCUT2D eigenvalue weighted by molar-refractivity contribution is -0.200. The van der Waals surface area contributed by atoms with Gasteiger partial charge in [-0.15, -0.1) is 0 Å². The van der Waals surface area contributed by atoms with Crippen LogP contribution in [0, 0.1) is 0 Å². The van der Waals surface area contributed by atoms with E-state index in [9.17, 15) is 28.8 Å². The minimum absolute atomic E-state index is 0.393. The zero-order valence-corrected chi connectivity index (χ0v) is 19.1. The molecule has 0 aliphatic carbocycles. The van der Waals surface area contributed by atoms with E-state index < -0.39 is 78.6 Å². The summed E-state index contributed by atoms with van der Waals surface area (Å²) >= 11 is 0. The zero-order valence-electron chi connectivity index (χ0n) is 19.1. The molecule has 0 bridgehead atoms. The van der Waals surface area contributed by atoms with Crippen LogP contribution in [0.25, 0.3) is 0 Å². The molecule has 0 saturated carbocycles. The Morgan fingerprint density at radius 3 is 2.00 bits per heavy atom. The Balaban J connectivity index is 3.58. The van der Waals surface area contributed by atoms with E-state index in [0.29, 0.717) is 0 Å². The first kappa shape index (κ1) is 27.4. The van der Waals surface area contributed by atoms with Gasteiger partial charge in [0, 0.05) is 34.6 Å². The molecule has 33 heavy (non-hydrogen) atoms. The van der Waals surface area contributed by atoms with E-state index in [1.54, 1.807) is 0 Å². The highest BCUT2D eigenvalue weighted by atomic mass is 16.6. The third-order valence-electron chi connectivity index (χ3n) is 4.09. The maximum Gasteiger partial charge on any atom is 0.373 e. The fourth-order valence-corrected chi connectivity index (χ4v) is 3.03. The summed E-state index contributed by atoms with van der Waals surface area (Å²) in [4.78, 5) is 70.6. The first-order valence-corrected chi connectivity index (χ1v) is 9.74. The minimum atomic E-state index is -1.54. The summed E-state index contributed by atoms with van der Waals surface area (Å²) in [6.07, 6.45) is -4.64. The number of hydrogen-bond acceptors (Lipinski definition) is 12. The molecule has 1 amide bonds. The van der Waals surface area contributed by atoms with E-state index in [4.69, 9.17) is 23.7 Å². The van der Waals surface area contributed by atoms with Crippen LogP contribution >= 0.6 is 0 Å². The molecule has 0 aromatic carbocycles. The average Bonchev–Trinajstić information content (AvgIpc) is 2.68. The molecule has 1 heterocycles. The molecule has 1 N–H and O–H groups in total. The molecule has 0 spiro atoms. The van der Waals surface area contributed by atoms with Crippen LogP contribution in [0.3, 0.4) is 0 Å². The number of methoxy groups -OCH3 is 1. The molecule has 184 valence electrons. The van der Waals surface area contributed by atoms with Crippen LogP contribution in [-0.4, -0.2) is 79.9 Å². The molecule has 13 heteroatoms. The van der Waals surface area contributed by atoms with Crippen LogP contribution in [-0.2, 0) is 57.2 Å². The highest BCUT2D eigenvalue weighted by Gasteiger charge is 2.49. The van der Waals surface area contributed by atoms with Crippen LogP contribution in [0.5, 0.6) is 0 Å². The van der Waals surface area contributed by atoms with E-state index in [-0.39, 0.29) is 0 Å². The predicted molar refractivity (Wildman–Crippen MR) is 106 cm³/mol. The minimum Gasteiger partial charge on any atom is -0.475 e. The van der Waals surface area contributed by atoms with Crippen molar-refractivity contribution in [3.8, 4) is 0 Å². The number of amides is 1. The standard InChI is InChI=1S/C20H27NO12/c1-9(22)21-14-7-15(20(27)28-6)33-19(17(14)31-12(4)25)18(32-13(5)26)16(30-11(3)24)8-29-10(2)23/h7,14,16-19H,8H2,1-6H3,(H,21,22)/t14-,16+,17+,18-,19+/m0/s1. The number of esters is 5. The van der Waals surface area contributed by atoms with Gasteiger partial charge in [0.25, 0.3) is 0 Å². The maximum absolute atomic E-state index is 12.2. The second-order valence-corrected chi connectivity index (χ2v) is 6.93. The van der Waals surface area contributed by atoms with Gasteiger partial charge in [0.2, 0.25) is 11.7 Å². The number of carbonyl (C=O) groups is 6. The van der Waals surface area contributed by atoms with Crippen molar-refractivity contribution in [1.29, 1.82) is 0 Å². The summed E-state index contributed by atoms with van der Waals surface area (Å²) in [5.74, 6) is -5.05. The van der Waals surface area contributed by atoms with Gasteiger partial charge in [-0.3, -0.25) is 24.0 Å². The quantitative estimate of drug-likeness (QED) is 0.331. The third kappa shape index (κ3) is 8.79. The molecular formula is C20H27NO12. The summed E-state index contributed by atoms with van der Waals surface area (Å²) in [5, 5.41) is 2.50. The zero-order chi connectivity index (χ0) is 25.3. The molecular weight excluding hydrogens is 446 g/mol. The lowest BCUT2D eigenvalue weighted by Gasteiger charge is -2.40. The van der Waals surface area contributed by atoms with Gasteiger partial charge in [0.05, 0.1) is 13.2 Å². The molecule has 1 aliphatic heterocycles. The van der Waals surface area contributed by atoms with Crippen molar-refractivity contribution in [1.82, 2.24) is 5.32 Å². The highest BCUT2D eigenvalue weighted by Crippen LogP contribution is 2.28. The predicted octanol–water partition coefficient (Wildman–Crippen LogP) is -0.695. The highest BCUT2D eigenvalue weighted by molar-refractivity contribution is 5.87. The van der Waals surface area contributed by atoms with Crippen molar-refractivity contribution in [2.45, 2.75) is 65.1 Å². The number of nitrogens with one attached hydrogen (secondary N) is 1. The molecule has 0 fully saturated rings. The molecule has 5 atom stereocenters. The van der Waals surface area contributed by atoms with Gasteiger partial charge in [-0.2, -0.15) is 0 Å². The van der Waals surface area contributed by atoms with Gasteiger partial charge in [0.15, 0.2) is 24.4 Å². The molecule has 13 nitrogen and oxygen atoms in total. The molecule has 0 aromatic heterocycles. The first-order chi connectivity index (χ1) is 15.3. The Hall–Kier alpha value is -3.64. The normalized spacial score (nSPS) is 21.2. The second kappa shape index (κ2) is 12.4. The van der Waals surface area contributed by atoms with Gasteiger partial charge < -0.3 is 33.7 Å². The van der Waals surface area contributed by atoms with Gasteiger partial charge in [-0.05, 0) is 6.08 Å². The largest absolute Gasteiger partial charge is 0.475 e. The van der Waals surface area contributed by atoms with E-state index in [1.807, 2.05) is 0 Å². The van der Waals surface area contributed by atoms with E-state index in [1.165, 1.54) is 6.92 Å². The lowest BCUT2D eigenvalue weighted by Crippen LogP contribution is -2.60. The Kier molecular flexibility index (Phi) is 10.3. The Morgan fingerprint density at radius 2 is 1.55 bits per heavy atom. The summed E-state index contributed by atoms with van der Waals surface area (Å²) < 4.78 is 31.0. The van der Waals surface area contributed by atoms with E-state index in [2.05, 4.69) is 10.1 Å². The van der Waals surface area contributed by atoms with Crippen molar-refractivity contribution in [2.75, 3.05) is 13.7 Å². The van der Waals surface area contributed by atoms with Crippen LogP contribution in [0.4, 0.5) is 0 Å². The smallest absolute Gasteiger partial charge is 0.373 e. The van der Waals surface area contributed by atoms with Gasteiger partial charge >= 0.3 is 29.8 Å². The number of ether oxygens (including phenoxy) is 6. The van der Waals surface area contributed by atoms with E-state index >= 15 is 0 Å². The van der Waals surface area contributed by atoms with Crippen molar-refractivity contribution >= 4 is 35.8 Å². The van der Waals surface area contributed by atoms with Crippen molar-refractivity contribution in [2.24, 2.45) is 0 Å². The molecule has 1 aliphatic rings. The number of rotatable bonds is 9. The lowest BCUT2D eigenvalue weighted by atomic mass is 9.93. The van der Waals surface area contributed by atoms with Gasteiger partial charge in [-0.1, -0.05) is 0 Å². The van der Waals surface area contributed by atoms with Crippen LogP contribution in [0.1, 0.15) is 34.6 Å². The number of hydrogen-bond donors (Lipinski definition) is 1. The maximum atomic E-state index is 12.2. The third-order valence-corrected chi connectivity index (χ3v) is 4.09. The fourth-order valence-electron chi connectivity index (χ4n) is 3.03. The summed E-state index contributed by atoms with van der Waals surface area (Å²) in [5.41, 5.74) is 0. The summed E-state index contributed by atoms with van der Waals surface area (Å²) in [7, 11) is 1.08. The second-order valence-electron chi connectivity index (χ2n) is 6.93. The Labute approximate surface area is 189 Å². The van der Waals surface area contributed by atoms with Crippen molar-refractivity contribution < 1.29 is 57.2 Å². The molecule has 0 aromatic rings. The first-order valence-electron chi connectivity index (χ1n) is 9.74. The average molecular weight is 473 g/mol. The molecule has 0 unspecified atom stereocenters. The molecule has 0 saturated heterocycles. The van der Waals surface area contributed by atoms with Gasteiger partial charge in [0.1, 0.15) is 6.61 Å². The Morgan fingerprint density at radius 1 is 0.939 bits per heavy atom. The van der Waals surface area contributed by atoms with Crippen LogP contribution in [0.2, 0.25) is 0 Å². The van der Waals surface area contributed by atoms with Crippen molar-refractivity contribution in [3.05, 3.63) is 11.8 Å². The monoisotopic (exact) mass is 473 g/mol. The fraction of sp³-hybridized carbons (Fsp3) is 0.600. The van der Waals surface area contributed by atoms with Gasteiger partial charge in [-0.25, -0.2) is 4.79 Å². The SMILES string of the molecule is COC(=O)C1=C[C@H](NC(C)=O)[C@@H](OC(C)=O)[C@H]([C@@H](OC(C)=O)[C@@H](COC(C)=O)OC(C)=O)O1. The van der Waals surface area contributed by atoms with Crippen molar-refractivity contribution in [3.63, 3.8) is 0 Å². The molecule has 0 radical (unpaired) electrons. The summed E-state index contributed by atoms with van der Waals surface area (Å²) in [6.45, 7) is 4.95. The topological polar surface area (TPSA) is 170 Å². The van der Waals surface area contributed by atoms with E-state index in [0.717, 1.165) is 40.9 Å². The summed E-state index contributed by atoms with van der Waals surface area (Å²) in [6, 6.07) is -1.12.